The molecule has 6 rings (SSSR count). The van der Waals surface area contributed by atoms with Crippen LogP contribution in [0.25, 0.3) is 45.7 Å². The first-order chi connectivity index (χ1) is 28.3. The van der Waals surface area contributed by atoms with Gasteiger partial charge in [-0.2, -0.15) is 20.5 Å². The lowest BCUT2D eigenvalue weighted by Crippen LogP contribution is -2.35. The summed E-state index contributed by atoms with van der Waals surface area (Å²) in [7, 11) is 0. The van der Waals surface area contributed by atoms with Crippen molar-refractivity contribution in [3.63, 3.8) is 0 Å². The van der Waals surface area contributed by atoms with Gasteiger partial charge in [0.05, 0.1) is 40.9 Å². The Morgan fingerprint density at radius 2 is 1.15 bits per heavy atom. The second-order valence-electron chi connectivity index (χ2n) is 13.5. The van der Waals surface area contributed by atoms with E-state index in [0.717, 1.165) is 12.1 Å². The van der Waals surface area contributed by atoms with E-state index in [9.17, 15) is 20.1 Å². The van der Waals surface area contributed by atoms with Gasteiger partial charge in [-0.15, -0.1) is 12.4 Å². The Morgan fingerprint density at radius 3 is 1.57 bits per heavy atom. The number of aromatic nitrogens is 4. The van der Waals surface area contributed by atoms with Gasteiger partial charge >= 0.3 is 11.9 Å². The van der Waals surface area contributed by atoms with Crippen LogP contribution in [0.1, 0.15) is 56.4 Å². The monoisotopic (exact) mass is 839 g/mol. The number of rotatable bonds is 15. The zero-order chi connectivity index (χ0) is 42.2. The summed E-state index contributed by atoms with van der Waals surface area (Å²) >= 11 is 0. The highest BCUT2D eigenvalue weighted by Gasteiger charge is 2.22. The number of nitriles is 2. The maximum atomic E-state index is 15.1. The summed E-state index contributed by atoms with van der Waals surface area (Å²) in [5.74, 6) is -2.39. The lowest BCUT2D eigenvalue weighted by atomic mass is 10.1. The van der Waals surface area contributed by atoms with E-state index in [4.69, 9.17) is 33.7 Å². The highest BCUT2D eigenvalue weighted by molar-refractivity contribution is 5.85. The predicted octanol–water partition coefficient (Wildman–Crippen LogP) is 7.64. The summed E-state index contributed by atoms with van der Waals surface area (Å²) in [5, 5.41) is 26.8. The molecule has 0 fully saturated rings. The van der Waals surface area contributed by atoms with Gasteiger partial charge in [0.1, 0.15) is 54.5 Å². The number of nitrogens with zero attached hydrogens (tertiary/aromatic N) is 6. The van der Waals surface area contributed by atoms with Gasteiger partial charge in [-0.05, 0) is 99.5 Å². The molecule has 6 aromatic rings. The largest absolute Gasteiger partial charge is 0.490 e. The van der Waals surface area contributed by atoms with Gasteiger partial charge in [-0.1, -0.05) is 22.4 Å². The number of benzene rings is 4. The maximum absolute atomic E-state index is 15.1. The van der Waals surface area contributed by atoms with Gasteiger partial charge in [-0.25, -0.2) is 8.78 Å². The molecule has 308 valence electrons. The Kier molecular flexibility index (Phi) is 14.3. The van der Waals surface area contributed by atoms with Crippen LogP contribution in [0.3, 0.4) is 0 Å². The first-order valence-electron chi connectivity index (χ1n) is 18.1. The number of nitrogens with two attached hydrogens (primary N) is 1. The molecular formula is C42H36ClF2N7O8. The SMILES string of the molecule is CC(C)Oc1ccc(-c2nc(-c3ccc(COC(=O)C[C@H](N)C(=O)OCc4ccc(-c5noc(-c6ccc(OC(C)C)c(C#N)c6)n5)c(F)c4)cc3F)no2)cc1C#N.Cl. The van der Waals surface area contributed by atoms with Crippen LogP contribution in [0, 0.1) is 34.3 Å². The third-order valence-corrected chi connectivity index (χ3v) is 8.29. The van der Waals surface area contributed by atoms with Crippen molar-refractivity contribution in [2.24, 2.45) is 5.73 Å². The first-order valence-corrected chi connectivity index (χ1v) is 18.1. The molecule has 0 saturated carbocycles. The predicted molar refractivity (Wildman–Crippen MR) is 211 cm³/mol. The van der Waals surface area contributed by atoms with Crippen molar-refractivity contribution >= 4 is 24.3 Å². The van der Waals surface area contributed by atoms with Gasteiger partial charge in [0.25, 0.3) is 11.8 Å². The summed E-state index contributed by atoms with van der Waals surface area (Å²) in [5.41, 5.74) is 7.88. The lowest BCUT2D eigenvalue weighted by Gasteiger charge is -2.12. The van der Waals surface area contributed by atoms with Crippen molar-refractivity contribution in [3.05, 3.63) is 107 Å². The molecule has 60 heavy (non-hydrogen) atoms. The molecule has 15 nitrogen and oxygen atoms in total. The Morgan fingerprint density at radius 1 is 0.700 bits per heavy atom. The van der Waals surface area contributed by atoms with Gasteiger partial charge in [0.15, 0.2) is 0 Å². The fraction of sp³-hybridized carbons (Fsp3) is 0.238. The van der Waals surface area contributed by atoms with Gasteiger partial charge < -0.3 is 33.7 Å². The van der Waals surface area contributed by atoms with Crippen molar-refractivity contribution in [2.45, 2.75) is 65.6 Å². The molecule has 0 bridgehead atoms. The van der Waals surface area contributed by atoms with Crippen LogP contribution in [0.5, 0.6) is 11.5 Å². The number of carbonyl (C=O) groups excluding carboxylic acids is 2. The quantitative estimate of drug-likeness (QED) is 0.0981. The smallest absolute Gasteiger partial charge is 0.323 e. The Bertz CT molecular complexity index is 2600. The second kappa shape index (κ2) is 19.5. The van der Waals surface area contributed by atoms with Crippen molar-refractivity contribution in [3.8, 4) is 69.3 Å². The van der Waals surface area contributed by atoms with Crippen LogP contribution >= 0.6 is 12.4 Å². The molecule has 0 aliphatic heterocycles. The van der Waals surface area contributed by atoms with E-state index in [2.05, 4.69) is 32.4 Å². The summed E-state index contributed by atoms with van der Waals surface area (Å²) in [6.45, 7) is 6.67. The molecule has 2 heterocycles. The fourth-order valence-electron chi connectivity index (χ4n) is 5.52. The molecule has 0 unspecified atom stereocenters. The Hall–Kier alpha value is -7.21. The zero-order valence-corrected chi connectivity index (χ0v) is 33.3. The number of hydrogen-bond acceptors (Lipinski definition) is 15. The molecule has 1 atom stereocenters. The van der Waals surface area contributed by atoms with Crippen molar-refractivity contribution in [1.82, 2.24) is 20.3 Å². The third kappa shape index (κ3) is 10.6. The molecule has 2 aromatic heterocycles. The van der Waals surface area contributed by atoms with E-state index < -0.39 is 36.0 Å². The van der Waals surface area contributed by atoms with Crippen molar-refractivity contribution < 1.29 is 46.4 Å². The zero-order valence-electron chi connectivity index (χ0n) is 32.5. The van der Waals surface area contributed by atoms with Crippen LogP contribution in [0.15, 0.2) is 81.8 Å². The molecule has 18 heteroatoms. The van der Waals surface area contributed by atoms with E-state index in [1.54, 1.807) is 24.3 Å². The minimum Gasteiger partial charge on any atom is -0.490 e. The summed E-state index contributed by atoms with van der Waals surface area (Å²) < 4.78 is 62.5. The van der Waals surface area contributed by atoms with E-state index in [-0.39, 0.29) is 89.1 Å². The average molecular weight is 840 g/mol. The molecule has 0 amide bonds. The maximum Gasteiger partial charge on any atom is 0.323 e. The first kappa shape index (κ1) is 43.9. The average Bonchev–Trinajstić information content (AvgIpc) is 3.90. The molecule has 0 saturated heterocycles. The standard InChI is InChI=1S/C42H35F2N7O8.ClH/c1-22(2)56-35-11-7-26(15-28(35)18-45)40-48-38(50-58-40)30-9-5-24(13-32(30)43)20-54-37(52)17-34(47)42(53)55-21-25-6-10-31(33(44)14-25)39-49-41(59-51-39)27-8-12-36(57-23(3)4)29(16-27)19-46;/h5-16,22-23,34H,17,20-21,47H2,1-4H3;1H/t34-;/m0./s1. The summed E-state index contributed by atoms with van der Waals surface area (Å²) in [4.78, 5) is 33.5. The number of halogens is 3. The number of esters is 2. The molecule has 0 aliphatic rings. The van der Waals surface area contributed by atoms with Gasteiger partial charge in [0, 0.05) is 11.1 Å². The lowest BCUT2D eigenvalue weighted by molar-refractivity contribution is -0.153. The number of carbonyl (C=O) groups is 2. The third-order valence-electron chi connectivity index (χ3n) is 8.29. The van der Waals surface area contributed by atoms with Crippen molar-refractivity contribution in [2.75, 3.05) is 0 Å². The van der Waals surface area contributed by atoms with E-state index in [1.807, 2.05) is 27.7 Å². The van der Waals surface area contributed by atoms with Crippen LogP contribution < -0.4 is 15.2 Å². The molecule has 0 aliphatic carbocycles. The molecule has 0 spiro atoms. The van der Waals surface area contributed by atoms with E-state index in [0.29, 0.717) is 28.2 Å². The second-order valence-corrected chi connectivity index (χ2v) is 13.5. The normalized spacial score (nSPS) is 11.3. The molecule has 4 aromatic carbocycles. The minimum absolute atomic E-state index is 0. The van der Waals surface area contributed by atoms with E-state index in [1.165, 1.54) is 36.4 Å². The van der Waals surface area contributed by atoms with Gasteiger partial charge in [0.2, 0.25) is 11.6 Å². The Balaban J connectivity index is 0.00000683. The topological polar surface area (TPSA) is 222 Å². The van der Waals surface area contributed by atoms with E-state index >= 15 is 8.78 Å². The molecular weight excluding hydrogens is 804 g/mol. The minimum atomic E-state index is -1.40. The highest BCUT2D eigenvalue weighted by atomic mass is 35.5. The van der Waals surface area contributed by atoms with Crippen LogP contribution in [-0.2, 0) is 32.3 Å². The number of ether oxygens (including phenoxy) is 4. The fourth-order valence-corrected chi connectivity index (χ4v) is 5.52. The van der Waals surface area contributed by atoms with Crippen molar-refractivity contribution in [1.29, 1.82) is 10.5 Å². The van der Waals surface area contributed by atoms with Crippen LogP contribution in [-0.4, -0.2) is 50.5 Å². The van der Waals surface area contributed by atoms with Crippen LogP contribution in [0.2, 0.25) is 0 Å². The summed E-state index contributed by atoms with van der Waals surface area (Å²) in [6, 6.07) is 20.3. The van der Waals surface area contributed by atoms with Crippen LogP contribution in [0.4, 0.5) is 8.78 Å². The molecule has 2 N–H and O–H groups in total. The Labute approximate surface area is 348 Å². The number of hydrogen-bond donors (Lipinski definition) is 1. The van der Waals surface area contributed by atoms with Gasteiger partial charge in [-0.3, -0.25) is 9.59 Å². The summed E-state index contributed by atoms with van der Waals surface area (Å²) in [6.07, 6.45) is -0.817. The highest BCUT2D eigenvalue weighted by Crippen LogP contribution is 2.31. The molecule has 0 radical (unpaired) electrons.